The van der Waals surface area contributed by atoms with E-state index in [-0.39, 0.29) is 23.7 Å². The number of rotatable bonds is 5. The van der Waals surface area contributed by atoms with Gasteiger partial charge in [0.1, 0.15) is 6.04 Å². The summed E-state index contributed by atoms with van der Waals surface area (Å²) in [5, 5.41) is 3.00. The summed E-state index contributed by atoms with van der Waals surface area (Å²) in [4.78, 5) is 26.4. The van der Waals surface area contributed by atoms with Gasteiger partial charge in [-0.3, -0.25) is 14.5 Å². The Labute approximate surface area is 118 Å². The number of hydrogen-bond donors (Lipinski definition) is 1. The number of hydrogen-bond acceptors (Lipinski definition) is 5. The van der Waals surface area contributed by atoms with E-state index < -0.39 is 0 Å². The van der Waals surface area contributed by atoms with Gasteiger partial charge in [-0.05, 0) is 19.3 Å². The summed E-state index contributed by atoms with van der Waals surface area (Å²) >= 11 is 0. The molecule has 1 amide bonds. The molecule has 3 fully saturated rings. The average Bonchev–Trinajstić information content (AvgIpc) is 3.08. The Morgan fingerprint density at radius 3 is 2.60 bits per heavy atom. The third-order valence-corrected chi connectivity index (χ3v) is 4.21. The molecule has 112 valence electrons. The van der Waals surface area contributed by atoms with Crippen molar-refractivity contribution in [3.8, 4) is 0 Å². The zero-order valence-corrected chi connectivity index (χ0v) is 11.7. The van der Waals surface area contributed by atoms with Crippen LogP contribution >= 0.6 is 0 Å². The highest BCUT2D eigenvalue weighted by Crippen LogP contribution is 2.20. The number of nitrogens with zero attached hydrogens (tertiary/aromatic N) is 1. The summed E-state index contributed by atoms with van der Waals surface area (Å²) in [7, 11) is 0. The summed E-state index contributed by atoms with van der Waals surface area (Å²) < 4.78 is 10.7. The van der Waals surface area contributed by atoms with Crippen molar-refractivity contribution in [2.75, 3.05) is 39.5 Å². The van der Waals surface area contributed by atoms with Crippen LogP contribution in [0.4, 0.5) is 0 Å². The van der Waals surface area contributed by atoms with E-state index in [1.54, 1.807) is 0 Å². The summed E-state index contributed by atoms with van der Waals surface area (Å²) in [6.07, 6.45) is 2.94. The van der Waals surface area contributed by atoms with Gasteiger partial charge in [0.2, 0.25) is 5.91 Å². The minimum atomic E-state index is -0.323. The summed E-state index contributed by atoms with van der Waals surface area (Å²) in [6, 6.07) is 0.0147. The van der Waals surface area contributed by atoms with Gasteiger partial charge in [-0.15, -0.1) is 0 Å². The lowest BCUT2D eigenvalue weighted by Gasteiger charge is -2.34. The first-order chi connectivity index (χ1) is 9.74. The fourth-order valence-electron chi connectivity index (χ4n) is 2.71. The van der Waals surface area contributed by atoms with Crippen LogP contribution in [0.15, 0.2) is 0 Å². The maximum Gasteiger partial charge on any atom is 0.239 e. The number of morpholine rings is 1. The fourth-order valence-corrected chi connectivity index (χ4v) is 2.71. The first-order valence-electron chi connectivity index (χ1n) is 7.46. The van der Waals surface area contributed by atoms with Gasteiger partial charge in [-0.1, -0.05) is 0 Å². The molecule has 0 radical (unpaired) electrons. The van der Waals surface area contributed by atoms with E-state index in [1.807, 2.05) is 4.90 Å². The van der Waals surface area contributed by atoms with Gasteiger partial charge in [-0.2, -0.15) is 0 Å². The van der Waals surface area contributed by atoms with Crippen LogP contribution < -0.4 is 5.32 Å². The van der Waals surface area contributed by atoms with Gasteiger partial charge in [-0.25, -0.2) is 0 Å². The number of Topliss-reactive ketones (excluding diaryl/α,β-unsaturated/α-hetero) is 1. The molecule has 3 aliphatic rings. The first kappa shape index (κ1) is 14.0. The van der Waals surface area contributed by atoms with Crippen LogP contribution in [0, 0.1) is 5.92 Å². The molecule has 0 aromatic carbocycles. The quantitative estimate of drug-likeness (QED) is 0.741. The van der Waals surface area contributed by atoms with Crippen LogP contribution in [0.25, 0.3) is 0 Å². The van der Waals surface area contributed by atoms with E-state index in [9.17, 15) is 9.59 Å². The van der Waals surface area contributed by atoms with E-state index in [0.717, 1.165) is 19.3 Å². The second-order valence-electron chi connectivity index (χ2n) is 5.87. The Bertz CT molecular complexity index is 377. The predicted molar refractivity (Wildman–Crippen MR) is 71.3 cm³/mol. The van der Waals surface area contributed by atoms with Crippen LogP contribution in [0.2, 0.25) is 0 Å². The van der Waals surface area contributed by atoms with Crippen molar-refractivity contribution in [3.63, 3.8) is 0 Å². The molecule has 2 saturated heterocycles. The summed E-state index contributed by atoms with van der Waals surface area (Å²) in [5.41, 5.74) is 0. The van der Waals surface area contributed by atoms with Crippen LogP contribution in [0.5, 0.6) is 0 Å². The molecule has 0 spiro atoms. The molecule has 0 aromatic heterocycles. The van der Waals surface area contributed by atoms with Gasteiger partial charge in [0.05, 0.1) is 26.4 Å². The minimum absolute atomic E-state index is 0.00247. The zero-order valence-electron chi connectivity index (χ0n) is 11.7. The maximum absolute atomic E-state index is 12.2. The molecular formula is C14H22N2O4. The van der Waals surface area contributed by atoms with Gasteiger partial charge >= 0.3 is 0 Å². The Kier molecular flexibility index (Phi) is 4.33. The highest BCUT2D eigenvalue weighted by atomic mass is 16.5. The van der Waals surface area contributed by atoms with Crippen molar-refractivity contribution in [3.05, 3.63) is 0 Å². The van der Waals surface area contributed by atoms with Crippen molar-refractivity contribution >= 4 is 11.7 Å². The molecule has 2 atom stereocenters. The highest BCUT2D eigenvalue weighted by Gasteiger charge is 2.35. The summed E-state index contributed by atoms with van der Waals surface area (Å²) in [6.45, 7) is 3.14. The van der Waals surface area contributed by atoms with Gasteiger partial charge in [0.25, 0.3) is 0 Å². The first-order valence-corrected chi connectivity index (χ1v) is 7.46. The standard InChI is InChI=1S/C14H22N2O4/c17-13(10-3-5-19-8-10)7-16-4-6-20-9-12(16)14(18)15-11-1-2-11/h10-12H,1-9H2,(H,15,18). The van der Waals surface area contributed by atoms with Crippen LogP contribution in [0.3, 0.4) is 0 Å². The van der Waals surface area contributed by atoms with E-state index in [1.165, 1.54) is 0 Å². The topological polar surface area (TPSA) is 67.9 Å². The third kappa shape index (κ3) is 3.37. The molecule has 3 rings (SSSR count). The molecule has 1 N–H and O–H groups in total. The van der Waals surface area contributed by atoms with Crippen LogP contribution in [-0.4, -0.2) is 68.2 Å². The van der Waals surface area contributed by atoms with Crippen LogP contribution in [-0.2, 0) is 19.1 Å². The lowest BCUT2D eigenvalue weighted by Crippen LogP contribution is -2.55. The second-order valence-corrected chi connectivity index (χ2v) is 5.87. The van der Waals surface area contributed by atoms with Crippen molar-refractivity contribution in [1.82, 2.24) is 10.2 Å². The normalized spacial score (nSPS) is 31.2. The SMILES string of the molecule is O=C(CN1CCOCC1C(=O)NC1CC1)C1CCOC1. The van der Waals surface area contributed by atoms with Gasteiger partial charge in [0.15, 0.2) is 5.78 Å². The monoisotopic (exact) mass is 282 g/mol. The number of carbonyl (C=O) groups excluding carboxylic acids is 2. The van der Waals surface area contributed by atoms with E-state index >= 15 is 0 Å². The molecule has 0 aromatic rings. The lowest BCUT2D eigenvalue weighted by atomic mass is 10.0. The number of amides is 1. The molecule has 2 aliphatic heterocycles. The molecule has 1 aliphatic carbocycles. The Hall–Kier alpha value is -0.980. The zero-order chi connectivity index (χ0) is 13.9. The molecule has 2 heterocycles. The van der Waals surface area contributed by atoms with E-state index in [4.69, 9.17) is 9.47 Å². The van der Waals surface area contributed by atoms with Crippen molar-refractivity contribution in [2.24, 2.45) is 5.92 Å². The van der Waals surface area contributed by atoms with Crippen LogP contribution in [0.1, 0.15) is 19.3 Å². The third-order valence-electron chi connectivity index (χ3n) is 4.21. The lowest BCUT2D eigenvalue weighted by molar-refractivity contribution is -0.136. The Morgan fingerprint density at radius 2 is 1.90 bits per heavy atom. The van der Waals surface area contributed by atoms with Crippen molar-refractivity contribution < 1.29 is 19.1 Å². The Morgan fingerprint density at radius 1 is 1.10 bits per heavy atom. The molecular weight excluding hydrogens is 260 g/mol. The number of nitrogens with one attached hydrogen (secondary N) is 1. The second kappa shape index (κ2) is 6.20. The molecule has 1 saturated carbocycles. The molecule has 2 unspecified atom stereocenters. The molecule has 6 nitrogen and oxygen atoms in total. The highest BCUT2D eigenvalue weighted by molar-refractivity contribution is 5.86. The number of ketones is 1. The van der Waals surface area contributed by atoms with Crippen molar-refractivity contribution in [2.45, 2.75) is 31.3 Å². The molecule has 0 bridgehead atoms. The predicted octanol–water partition coefficient (Wildman–Crippen LogP) is -0.429. The van der Waals surface area contributed by atoms with Gasteiger partial charge in [0, 0.05) is 25.1 Å². The van der Waals surface area contributed by atoms with E-state index in [2.05, 4.69) is 5.32 Å². The van der Waals surface area contributed by atoms with Gasteiger partial charge < -0.3 is 14.8 Å². The van der Waals surface area contributed by atoms with Crippen molar-refractivity contribution in [1.29, 1.82) is 0 Å². The number of ether oxygens (including phenoxy) is 2. The smallest absolute Gasteiger partial charge is 0.239 e. The Balaban J connectivity index is 1.56. The number of carbonyl (C=O) groups is 2. The molecule has 20 heavy (non-hydrogen) atoms. The summed E-state index contributed by atoms with van der Waals surface area (Å²) in [5.74, 6) is 0.196. The molecule has 6 heteroatoms. The largest absolute Gasteiger partial charge is 0.381 e. The average molecular weight is 282 g/mol. The van der Waals surface area contributed by atoms with E-state index in [0.29, 0.717) is 45.6 Å². The maximum atomic E-state index is 12.2. The minimum Gasteiger partial charge on any atom is -0.381 e. The fraction of sp³-hybridized carbons (Fsp3) is 0.857.